The summed E-state index contributed by atoms with van der Waals surface area (Å²) in [7, 11) is -1.23. The average Bonchev–Trinajstić information content (AvgIpc) is 2.01. The van der Waals surface area contributed by atoms with E-state index in [9.17, 15) is 4.79 Å². The van der Waals surface area contributed by atoms with Crippen LogP contribution in [-0.4, -0.2) is 13.9 Å². The zero-order valence-electron chi connectivity index (χ0n) is 9.81. The monoisotopic (exact) mass is 200 g/mol. The molecular formula is C11H24OSi. The van der Waals surface area contributed by atoms with Crippen LogP contribution in [0.1, 0.15) is 39.5 Å². The summed E-state index contributed by atoms with van der Waals surface area (Å²) in [6.07, 6.45) is 4.29. The van der Waals surface area contributed by atoms with Crippen molar-refractivity contribution in [3.05, 3.63) is 0 Å². The largest absolute Gasteiger partial charge is 0.300 e. The maximum absolute atomic E-state index is 11.7. The minimum atomic E-state index is -1.23. The number of rotatable bonds is 6. The Labute approximate surface area is 83.9 Å². The molecule has 0 aromatic heterocycles. The molecule has 1 atom stereocenters. The molecule has 0 aromatic rings. The third-order valence-electron chi connectivity index (χ3n) is 2.81. The van der Waals surface area contributed by atoms with E-state index < -0.39 is 8.07 Å². The van der Waals surface area contributed by atoms with Gasteiger partial charge in [-0.15, -0.1) is 0 Å². The second-order valence-corrected chi connectivity index (χ2v) is 10.6. The van der Waals surface area contributed by atoms with Crippen LogP contribution in [0, 0.1) is 0 Å². The Hall–Kier alpha value is -0.113. The zero-order valence-corrected chi connectivity index (χ0v) is 10.8. The fourth-order valence-corrected chi connectivity index (χ4v) is 2.36. The molecule has 1 nitrogen and oxygen atoms in total. The number of carbonyl (C=O) groups excluding carboxylic acids is 1. The lowest BCUT2D eigenvalue weighted by Gasteiger charge is -2.23. The highest BCUT2D eigenvalue weighted by molar-refractivity contribution is 6.80. The molecule has 1 unspecified atom stereocenters. The summed E-state index contributed by atoms with van der Waals surface area (Å²) in [5.41, 5.74) is 0.337. The van der Waals surface area contributed by atoms with Crippen molar-refractivity contribution in [3.63, 3.8) is 0 Å². The first-order valence-electron chi connectivity index (χ1n) is 5.42. The first-order valence-corrected chi connectivity index (χ1v) is 9.00. The molecule has 0 fully saturated rings. The molecule has 0 spiro atoms. The quantitative estimate of drug-likeness (QED) is 0.470. The van der Waals surface area contributed by atoms with Gasteiger partial charge in [-0.25, -0.2) is 0 Å². The molecule has 2 heteroatoms. The molecule has 0 rings (SSSR count). The lowest BCUT2D eigenvalue weighted by Crippen LogP contribution is -2.31. The standard InChI is InChI=1S/C11H24OSi/c1-6-7-8-9-11(12)10(2)13(3,4)5/h10H,6-9H2,1-5H3. The van der Waals surface area contributed by atoms with Gasteiger partial charge in [0.1, 0.15) is 5.78 Å². The van der Waals surface area contributed by atoms with Crippen LogP contribution in [0.25, 0.3) is 0 Å². The van der Waals surface area contributed by atoms with Crippen LogP contribution in [0.4, 0.5) is 0 Å². The summed E-state index contributed by atoms with van der Waals surface area (Å²) in [6, 6.07) is 0. The van der Waals surface area contributed by atoms with Gasteiger partial charge in [-0.3, -0.25) is 4.79 Å². The van der Waals surface area contributed by atoms with Gasteiger partial charge in [0.2, 0.25) is 0 Å². The second-order valence-electron chi connectivity index (χ2n) is 5.01. The lowest BCUT2D eigenvalue weighted by atomic mass is 10.1. The summed E-state index contributed by atoms with van der Waals surface area (Å²) in [5, 5.41) is 0. The molecule has 0 radical (unpaired) electrons. The SMILES string of the molecule is CCCCCC(=O)C(C)[Si](C)(C)C. The van der Waals surface area contributed by atoms with Gasteiger partial charge in [-0.05, 0) is 6.42 Å². The van der Waals surface area contributed by atoms with Crippen molar-refractivity contribution in [1.29, 1.82) is 0 Å². The van der Waals surface area contributed by atoms with Crippen LogP contribution in [0.2, 0.25) is 25.2 Å². The molecule has 0 aromatic carbocycles. The summed E-state index contributed by atoms with van der Waals surface area (Å²) >= 11 is 0. The Morgan fingerprint density at radius 3 is 2.15 bits per heavy atom. The molecule has 78 valence electrons. The van der Waals surface area contributed by atoms with E-state index in [4.69, 9.17) is 0 Å². The Balaban J connectivity index is 3.84. The maximum Gasteiger partial charge on any atom is 0.133 e. The minimum absolute atomic E-state index is 0.337. The maximum atomic E-state index is 11.7. The van der Waals surface area contributed by atoms with Crippen molar-refractivity contribution < 1.29 is 4.79 Å². The summed E-state index contributed by atoms with van der Waals surface area (Å²) in [6.45, 7) is 11.1. The molecule has 0 aliphatic heterocycles. The highest BCUT2D eigenvalue weighted by Crippen LogP contribution is 2.23. The van der Waals surface area contributed by atoms with E-state index in [-0.39, 0.29) is 0 Å². The molecule has 0 aliphatic carbocycles. The van der Waals surface area contributed by atoms with Gasteiger partial charge in [0.15, 0.2) is 0 Å². The Morgan fingerprint density at radius 1 is 1.23 bits per heavy atom. The fourth-order valence-electron chi connectivity index (χ4n) is 1.25. The lowest BCUT2D eigenvalue weighted by molar-refractivity contribution is -0.118. The summed E-state index contributed by atoms with van der Waals surface area (Å²) in [5.74, 6) is 0.493. The first-order chi connectivity index (χ1) is 5.89. The van der Waals surface area contributed by atoms with Gasteiger partial charge in [-0.1, -0.05) is 46.3 Å². The molecule has 0 amide bonds. The van der Waals surface area contributed by atoms with E-state index >= 15 is 0 Å². The van der Waals surface area contributed by atoms with Crippen LogP contribution >= 0.6 is 0 Å². The van der Waals surface area contributed by atoms with Gasteiger partial charge in [0.25, 0.3) is 0 Å². The number of unbranched alkanes of at least 4 members (excludes halogenated alkanes) is 2. The average molecular weight is 200 g/mol. The van der Waals surface area contributed by atoms with Crippen LogP contribution < -0.4 is 0 Å². The normalized spacial score (nSPS) is 14.2. The van der Waals surface area contributed by atoms with Crippen molar-refractivity contribution in [2.24, 2.45) is 0 Å². The Morgan fingerprint density at radius 2 is 1.77 bits per heavy atom. The molecule has 0 aliphatic rings. The van der Waals surface area contributed by atoms with Gasteiger partial charge < -0.3 is 0 Å². The van der Waals surface area contributed by atoms with Crippen molar-refractivity contribution in [2.45, 2.75) is 64.7 Å². The van der Waals surface area contributed by atoms with Crippen LogP contribution in [-0.2, 0) is 4.79 Å². The van der Waals surface area contributed by atoms with E-state index in [1.807, 2.05) is 0 Å². The van der Waals surface area contributed by atoms with E-state index in [1.54, 1.807) is 0 Å². The fraction of sp³-hybridized carbons (Fsp3) is 0.909. The second kappa shape index (κ2) is 5.58. The van der Waals surface area contributed by atoms with Crippen LogP contribution in [0.5, 0.6) is 0 Å². The van der Waals surface area contributed by atoms with E-state index in [2.05, 4.69) is 33.5 Å². The Kier molecular flexibility index (Phi) is 5.53. The molecule has 13 heavy (non-hydrogen) atoms. The number of ketones is 1. The molecule has 0 heterocycles. The third-order valence-corrected chi connectivity index (χ3v) is 5.73. The topological polar surface area (TPSA) is 17.1 Å². The predicted molar refractivity (Wildman–Crippen MR) is 61.9 cm³/mol. The zero-order chi connectivity index (χ0) is 10.5. The predicted octanol–water partition coefficient (Wildman–Crippen LogP) is 3.86. The highest BCUT2D eigenvalue weighted by atomic mass is 28.3. The van der Waals surface area contributed by atoms with Gasteiger partial charge in [-0.2, -0.15) is 0 Å². The number of Topliss-reactive ketones (excluding diaryl/α,β-unsaturated/α-hetero) is 1. The Bertz CT molecular complexity index is 158. The van der Waals surface area contributed by atoms with Gasteiger partial charge in [0.05, 0.1) is 8.07 Å². The summed E-state index contributed by atoms with van der Waals surface area (Å²) < 4.78 is 0. The van der Waals surface area contributed by atoms with Crippen LogP contribution in [0.15, 0.2) is 0 Å². The number of carbonyl (C=O) groups is 1. The van der Waals surface area contributed by atoms with Crippen LogP contribution in [0.3, 0.4) is 0 Å². The van der Waals surface area contributed by atoms with E-state index in [0.717, 1.165) is 12.8 Å². The summed E-state index contributed by atoms with van der Waals surface area (Å²) in [4.78, 5) is 11.7. The molecular weight excluding hydrogens is 176 g/mol. The number of hydrogen-bond acceptors (Lipinski definition) is 1. The molecule has 0 bridgehead atoms. The van der Waals surface area contributed by atoms with E-state index in [0.29, 0.717) is 11.3 Å². The van der Waals surface area contributed by atoms with E-state index in [1.165, 1.54) is 12.8 Å². The third kappa shape index (κ3) is 5.24. The van der Waals surface area contributed by atoms with Crippen molar-refractivity contribution in [2.75, 3.05) is 0 Å². The molecule has 0 saturated carbocycles. The highest BCUT2D eigenvalue weighted by Gasteiger charge is 2.27. The minimum Gasteiger partial charge on any atom is -0.300 e. The molecule has 0 N–H and O–H groups in total. The van der Waals surface area contributed by atoms with Crippen molar-refractivity contribution in [3.8, 4) is 0 Å². The van der Waals surface area contributed by atoms with Crippen molar-refractivity contribution in [1.82, 2.24) is 0 Å². The first kappa shape index (κ1) is 12.9. The van der Waals surface area contributed by atoms with Crippen molar-refractivity contribution >= 4 is 13.9 Å². The number of hydrogen-bond donors (Lipinski definition) is 0. The smallest absolute Gasteiger partial charge is 0.133 e. The van der Waals surface area contributed by atoms with Gasteiger partial charge >= 0.3 is 0 Å². The molecule has 0 saturated heterocycles. The van der Waals surface area contributed by atoms with Gasteiger partial charge in [0, 0.05) is 12.0 Å².